The fourth-order valence-corrected chi connectivity index (χ4v) is 2.74. The first-order chi connectivity index (χ1) is 9.02. The molecule has 0 fully saturated rings. The van der Waals surface area contributed by atoms with Crippen LogP contribution in [-0.2, 0) is 4.79 Å². The third-order valence-corrected chi connectivity index (χ3v) is 3.54. The molecule has 0 unspecified atom stereocenters. The van der Waals surface area contributed by atoms with Crippen LogP contribution in [0.25, 0.3) is 0 Å². The summed E-state index contributed by atoms with van der Waals surface area (Å²) in [5.74, 6) is 1.33. The molecule has 102 valence electrons. The molecule has 0 heterocycles. The zero-order valence-electron chi connectivity index (χ0n) is 11.4. The third-order valence-electron chi connectivity index (χ3n) is 3.29. The van der Waals surface area contributed by atoms with Crippen molar-refractivity contribution in [2.24, 2.45) is 11.8 Å². The summed E-state index contributed by atoms with van der Waals surface area (Å²) < 4.78 is 0. The molecule has 1 aliphatic carbocycles. The Morgan fingerprint density at radius 3 is 2.58 bits per heavy atom. The summed E-state index contributed by atoms with van der Waals surface area (Å²) in [7, 11) is 0. The highest BCUT2D eigenvalue weighted by atomic mass is 35.5. The van der Waals surface area contributed by atoms with E-state index in [2.05, 4.69) is 19.2 Å². The number of allylic oxidation sites excluding steroid dienone is 2. The summed E-state index contributed by atoms with van der Waals surface area (Å²) in [5, 5.41) is 4.04. The second-order valence-electron chi connectivity index (χ2n) is 5.67. The Bertz CT molecular complexity index is 476. The number of benzene rings is 1. The predicted molar refractivity (Wildman–Crippen MR) is 80.3 cm³/mol. The lowest BCUT2D eigenvalue weighted by Gasteiger charge is -2.24. The minimum Gasteiger partial charge on any atom is -0.359 e. The van der Waals surface area contributed by atoms with E-state index in [-0.39, 0.29) is 5.78 Å². The number of hydrogen-bond donors (Lipinski definition) is 1. The lowest BCUT2D eigenvalue weighted by molar-refractivity contribution is -0.116. The lowest BCUT2D eigenvalue weighted by Crippen LogP contribution is -2.19. The van der Waals surface area contributed by atoms with Crippen molar-refractivity contribution >= 4 is 23.1 Å². The van der Waals surface area contributed by atoms with Gasteiger partial charge in [-0.25, -0.2) is 0 Å². The number of halogens is 1. The Labute approximate surface area is 119 Å². The maximum atomic E-state index is 11.8. The van der Waals surface area contributed by atoms with Crippen LogP contribution < -0.4 is 5.32 Å². The highest BCUT2D eigenvalue weighted by molar-refractivity contribution is 6.30. The highest BCUT2D eigenvalue weighted by Gasteiger charge is 2.21. The van der Waals surface area contributed by atoms with Gasteiger partial charge in [0.05, 0.1) is 0 Å². The monoisotopic (exact) mass is 277 g/mol. The van der Waals surface area contributed by atoms with E-state index in [0.29, 0.717) is 18.3 Å². The maximum absolute atomic E-state index is 11.8. The van der Waals surface area contributed by atoms with Gasteiger partial charge in [-0.3, -0.25) is 4.79 Å². The van der Waals surface area contributed by atoms with Gasteiger partial charge in [-0.2, -0.15) is 0 Å². The van der Waals surface area contributed by atoms with Crippen LogP contribution in [0.4, 0.5) is 5.69 Å². The molecular weight excluding hydrogens is 258 g/mol. The van der Waals surface area contributed by atoms with E-state index >= 15 is 0 Å². The number of rotatable bonds is 4. The van der Waals surface area contributed by atoms with Crippen LogP contribution in [0.1, 0.15) is 33.1 Å². The molecule has 0 aromatic heterocycles. The van der Waals surface area contributed by atoms with E-state index in [1.54, 1.807) is 6.08 Å². The SMILES string of the molecule is CC(C)C[C@H]1CC(=O)C=C(Nc2ccc(Cl)cc2)C1. The van der Waals surface area contributed by atoms with E-state index < -0.39 is 0 Å². The van der Waals surface area contributed by atoms with Crippen LogP contribution in [0.3, 0.4) is 0 Å². The largest absolute Gasteiger partial charge is 0.359 e. The normalized spacial score (nSPS) is 19.5. The topological polar surface area (TPSA) is 29.1 Å². The standard InChI is InChI=1S/C16H20ClNO/c1-11(2)7-12-8-15(10-16(19)9-12)18-14-5-3-13(17)4-6-14/h3-6,10-12,18H,7-9H2,1-2H3/t12-/m1/s1. The summed E-state index contributed by atoms with van der Waals surface area (Å²) in [6.45, 7) is 4.41. The number of carbonyl (C=O) groups excluding carboxylic acids is 1. The van der Waals surface area contributed by atoms with Crippen molar-refractivity contribution in [1.82, 2.24) is 0 Å². The average Bonchev–Trinajstić information content (AvgIpc) is 2.30. The first-order valence-electron chi connectivity index (χ1n) is 6.79. The number of anilines is 1. The second-order valence-corrected chi connectivity index (χ2v) is 6.11. The molecule has 1 aromatic carbocycles. The highest BCUT2D eigenvalue weighted by Crippen LogP contribution is 2.28. The van der Waals surface area contributed by atoms with Crippen LogP contribution in [0.5, 0.6) is 0 Å². The number of hydrogen-bond acceptors (Lipinski definition) is 2. The van der Waals surface area contributed by atoms with Gasteiger partial charge < -0.3 is 5.32 Å². The van der Waals surface area contributed by atoms with Crippen LogP contribution >= 0.6 is 11.6 Å². The fraction of sp³-hybridized carbons (Fsp3) is 0.438. The van der Waals surface area contributed by atoms with Gasteiger partial charge >= 0.3 is 0 Å². The number of nitrogens with one attached hydrogen (secondary N) is 1. The van der Waals surface area contributed by atoms with Gasteiger partial charge in [0.25, 0.3) is 0 Å². The molecule has 0 amide bonds. The van der Waals surface area contributed by atoms with Crippen molar-refractivity contribution in [3.8, 4) is 0 Å². The summed E-state index contributed by atoms with van der Waals surface area (Å²) in [5.41, 5.74) is 2.00. The third kappa shape index (κ3) is 4.39. The van der Waals surface area contributed by atoms with Crippen molar-refractivity contribution in [3.05, 3.63) is 41.1 Å². The molecule has 0 radical (unpaired) electrons. The Kier molecular flexibility index (Phi) is 4.65. The van der Waals surface area contributed by atoms with Crippen molar-refractivity contribution in [3.63, 3.8) is 0 Å². The molecule has 1 aromatic rings. The smallest absolute Gasteiger partial charge is 0.157 e. The van der Waals surface area contributed by atoms with Gasteiger partial charge in [-0.1, -0.05) is 25.4 Å². The zero-order valence-corrected chi connectivity index (χ0v) is 12.2. The Morgan fingerprint density at radius 1 is 1.26 bits per heavy atom. The summed E-state index contributed by atoms with van der Waals surface area (Å²) in [4.78, 5) is 11.8. The molecule has 0 saturated heterocycles. The second kappa shape index (κ2) is 6.25. The van der Waals surface area contributed by atoms with E-state index in [1.807, 2.05) is 24.3 Å². The van der Waals surface area contributed by atoms with E-state index in [0.717, 1.165) is 29.2 Å². The van der Waals surface area contributed by atoms with Crippen molar-refractivity contribution in [1.29, 1.82) is 0 Å². The molecule has 2 nitrogen and oxygen atoms in total. The molecule has 19 heavy (non-hydrogen) atoms. The molecule has 1 atom stereocenters. The lowest BCUT2D eigenvalue weighted by atomic mass is 9.85. The van der Waals surface area contributed by atoms with Crippen LogP contribution in [0.15, 0.2) is 36.0 Å². The zero-order chi connectivity index (χ0) is 13.8. The molecule has 0 saturated carbocycles. The maximum Gasteiger partial charge on any atom is 0.157 e. The van der Waals surface area contributed by atoms with Crippen molar-refractivity contribution in [2.75, 3.05) is 5.32 Å². The van der Waals surface area contributed by atoms with Crippen LogP contribution in [0.2, 0.25) is 5.02 Å². The first-order valence-corrected chi connectivity index (χ1v) is 7.16. The van der Waals surface area contributed by atoms with E-state index in [4.69, 9.17) is 11.6 Å². The van der Waals surface area contributed by atoms with Gasteiger partial charge in [0, 0.05) is 28.9 Å². The van der Waals surface area contributed by atoms with Crippen molar-refractivity contribution in [2.45, 2.75) is 33.1 Å². The van der Waals surface area contributed by atoms with Gasteiger partial charge in [0.1, 0.15) is 0 Å². The van der Waals surface area contributed by atoms with Gasteiger partial charge in [0.15, 0.2) is 5.78 Å². The molecule has 0 spiro atoms. The molecule has 0 bridgehead atoms. The van der Waals surface area contributed by atoms with Gasteiger partial charge in [-0.15, -0.1) is 0 Å². The van der Waals surface area contributed by atoms with Crippen molar-refractivity contribution < 1.29 is 4.79 Å². The minimum absolute atomic E-state index is 0.230. The fourth-order valence-electron chi connectivity index (χ4n) is 2.62. The molecule has 0 aliphatic heterocycles. The first kappa shape index (κ1) is 14.1. The molecule has 2 rings (SSSR count). The Hall–Kier alpha value is -1.28. The van der Waals surface area contributed by atoms with Gasteiger partial charge in [0.2, 0.25) is 0 Å². The minimum atomic E-state index is 0.230. The quantitative estimate of drug-likeness (QED) is 0.867. The molecular formula is C16H20ClNO. The molecule has 1 N–H and O–H groups in total. The van der Waals surface area contributed by atoms with Crippen LogP contribution in [0, 0.1) is 11.8 Å². The number of ketones is 1. The number of carbonyl (C=O) groups is 1. The average molecular weight is 278 g/mol. The Balaban J connectivity index is 2.03. The van der Waals surface area contributed by atoms with E-state index in [1.165, 1.54) is 0 Å². The molecule has 3 heteroatoms. The summed E-state index contributed by atoms with van der Waals surface area (Å²) in [6.07, 6.45) is 4.48. The van der Waals surface area contributed by atoms with Gasteiger partial charge in [-0.05, 0) is 48.9 Å². The predicted octanol–water partition coefficient (Wildman–Crippen LogP) is 4.66. The summed E-state index contributed by atoms with van der Waals surface area (Å²) in [6, 6.07) is 7.56. The summed E-state index contributed by atoms with van der Waals surface area (Å²) >= 11 is 5.86. The van der Waals surface area contributed by atoms with E-state index in [9.17, 15) is 4.79 Å². The molecule has 1 aliphatic rings. The Morgan fingerprint density at radius 2 is 1.95 bits per heavy atom. The van der Waals surface area contributed by atoms with Crippen LogP contribution in [-0.4, -0.2) is 5.78 Å².